The summed E-state index contributed by atoms with van der Waals surface area (Å²) in [5.41, 5.74) is 2.53. The molecular weight excluding hydrogens is 350 g/mol. The smallest absolute Gasteiger partial charge is 0.220 e. The number of para-hydroxylation sites is 2. The van der Waals surface area contributed by atoms with Crippen LogP contribution in [0.15, 0.2) is 48.5 Å². The molecule has 0 saturated heterocycles. The standard InChI is InChI=1S/C20H20ClN3O2/c1-2-24-17-6-4-3-5-16(17)23-19(24)13-22-20(26)12-11-18(25)14-7-9-15(21)10-8-14/h3-10H,2,11-13H2,1H3,(H,22,26). The van der Waals surface area contributed by atoms with Crippen LogP contribution in [0.2, 0.25) is 5.02 Å². The Bertz CT molecular complexity index is 932. The molecule has 1 N–H and O–H groups in total. The van der Waals surface area contributed by atoms with E-state index in [9.17, 15) is 9.59 Å². The van der Waals surface area contributed by atoms with E-state index in [4.69, 9.17) is 11.6 Å². The van der Waals surface area contributed by atoms with E-state index in [1.807, 2.05) is 31.2 Å². The predicted octanol–water partition coefficient (Wildman–Crippen LogP) is 3.99. The van der Waals surface area contributed by atoms with Gasteiger partial charge in [0.05, 0.1) is 17.6 Å². The second kappa shape index (κ2) is 8.15. The predicted molar refractivity (Wildman–Crippen MR) is 102 cm³/mol. The van der Waals surface area contributed by atoms with Gasteiger partial charge < -0.3 is 9.88 Å². The Labute approximate surface area is 157 Å². The molecule has 0 aliphatic rings. The highest BCUT2D eigenvalue weighted by molar-refractivity contribution is 6.30. The molecule has 5 nitrogen and oxygen atoms in total. The van der Waals surface area contributed by atoms with Crippen LogP contribution < -0.4 is 5.32 Å². The Hall–Kier alpha value is -2.66. The number of nitrogens with one attached hydrogen (secondary N) is 1. The van der Waals surface area contributed by atoms with Gasteiger partial charge in [0.25, 0.3) is 0 Å². The number of amides is 1. The maximum absolute atomic E-state index is 12.1. The van der Waals surface area contributed by atoms with Gasteiger partial charge in [-0.2, -0.15) is 0 Å². The van der Waals surface area contributed by atoms with Gasteiger partial charge in [-0.1, -0.05) is 23.7 Å². The van der Waals surface area contributed by atoms with Crippen molar-refractivity contribution in [1.82, 2.24) is 14.9 Å². The van der Waals surface area contributed by atoms with Crippen molar-refractivity contribution in [3.05, 3.63) is 64.9 Å². The summed E-state index contributed by atoms with van der Waals surface area (Å²) in [6, 6.07) is 14.6. The third-order valence-corrected chi connectivity index (χ3v) is 4.49. The van der Waals surface area contributed by atoms with E-state index >= 15 is 0 Å². The first-order valence-corrected chi connectivity index (χ1v) is 8.96. The van der Waals surface area contributed by atoms with Crippen molar-refractivity contribution in [3.8, 4) is 0 Å². The van der Waals surface area contributed by atoms with Crippen molar-refractivity contribution in [2.45, 2.75) is 32.9 Å². The molecule has 1 heterocycles. The Morgan fingerprint density at radius 1 is 1.08 bits per heavy atom. The highest BCUT2D eigenvalue weighted by Gasteiger charge is 2.12. The van der Waals surface area contributed by atoms with Crippen LogP contribution in [-0.4, -0.2) is 21.2 Å². The fourth-order valence-electron chi connectivity index (χ4n) is 2.89. The number of hydrogen-bond acceptors (Lipinski definition) is 3. The summed E-state index contributed by atoms with van der Waals surface area (Å²) >= 11 is 5.81. The van der Waals surface area contributed by atoms with Crippen LogP contribution in [-0.2, 0) is 17.9 Å². The minimum Gasteiger partial charge on any atom is -0.349 e. The second-order valence-electron chi connectivity index (χ2n) is 5.97. The van der Waals surface area contributed by atoms with E-state index < -0.39 is 0 Å². The molecule has 0 aliphatic carbocycles. The van der Waals surface area contributed by atoms with Crippen LogP contribution in [0, 0.1) is 0 Å². The maximum Gasteiger partial charge on any atom is 0.220 e. The van der Waals surface area contributed by atoms with Crippen molar-refractivity contribution in [1.29, 1.82) is 0 Å². The van der Waals surface area contributed by atoms with Crippen LogP contribution in [0.4, 0.5) is 0 Å². The number of carbonyl (C=O) groups is 2. The van der Waals surface area contributed by atoms with E-state index in [-0.39, 0.29) is 24.5 Å². The Morgan fingerprint density at radius 3 is 2.54 bits per heavy atom. The Kier molecular flexibility index (Phi) is 5.68. The lowest BCUT2D eigenvalue weighted by Crippen LogP contribution is -2.25. The molecule has 0 unspecified atom stereocenters. The highest BCUT2D eigenvalue weighted by atomic mass is 35.5. The lowest BCUT2D eigenvalue weighted by atomic mass is 10.1. The van der Waals surface area contributed by atoms with E-state index in [1.165, 1.54) is 0 Å². The minimum absolute atomic E-state index is 0.0717. The zero-order valence-corrected chi connectivity index (χ0v) is 15.3. The molecule has 134 valence electrons. The summed E-state index contributed by atoms with van der Waals surface area (Å²) in [7, 11) is 0. The fourth-order valence-corrected chi connectivity index (χ4v) is 3.01. The number of nitrogens with zero attached hydrogens (tertiary/aromatic N) is 2. The molecule has 0 bridgehead atoms. The summed E-state index contributed by atoms with van der Waals surface area (Å²) in [6.45, 7) is 3.17. The van der Waals surface area contributed by atoms with E-state index in [2.05, 4.69) is 14.9 Å². The SMILES string of the molecule is CCn1c(CNC(=O)CCC(=O)c2ccc(Cl)cc2)nc2ccccc21. The lowest BCUT2D eigenvalue weighted by molar-refractivity contribution is -0.121. The minimum atomic E-state index is -0.165. The molecule has 0 saturated carbocycles. The van der Waals surface area contributed by atoms with Gasteiger partial charge in [0, 0.05) is 30.0 Å². The summed E-state index contributed by atoms with van der Waals surface area (Å²) in [4.78, 5) is 28.8. The number of benzene rings is 2. The molecule has 3 aromatic rings. The number of fused-ring (bicyclic) bond motifs is 1. The van der Waals surface area contributed by atoms with Crippen LogP contribution in [0.25, 0.3) is 11.0 Å². The first-order chi connectivity index (χ1) is 12.6. The average molecular weight is 370 g/mol. The van der Waals surface area contributed by atoms with Crippen LogP contribution in [0.1, 0.15) is 35.9 Å². The molecule has 0 spiro atoms. The zero-order chi connectivity index (χ0) is 18.5. The quantitative estimate of drug-likeness (QED) is 0.640. The molecule has 2 aromatic carbocycles. The molecule has 0 atom stereocenters. The number of halogens is 1. The number of ketones is 1. The normalized spacial score (nSPS) is 10.8. The van der Waals surface area contributed by atoms with Gasteiger partial charge >= 0.3 is 0 Å². The van der Waals surface area contributed by atoms with Gasteiger partial charge in [-0.3, -0.25) is 9.59 Å². The largest absolute Gasteiger partial charge is 0.349 e. The first kappa shape index (κ1) is 18.1. The van der Waals surface area contributed by atoms with Crippen LogP contribution in [0.3, 0.4) is 0 Å². The van der Waals surface area contributed by atoms with Gasteiger partial charge in [-0.15, -0.1) is 0 Å². The summed E-state index contributed by atoms with van der Waals surface area (Å²) in [5.74, 6) is 0.575. The molecule has 26 heavy (non-hydrogen) atoms. The number of aromatic nitrogens is 2. The molecule has 1 aromatic heterocycles. The second-order valence-corrected chi connectivity index (χ2v) is 6.40. The average Bonchev–Trinajstić information content (AvgIpc) is 3.02. The summed E-state index contributed by atoms with van der Waals surface area (Å²) in [5, 5.41) is 3.44. The third-order valence-electron chi connectivity index (χ3n) is 4.24. The number of hydrogen-bond donors (Lipinski definition) is 1. The topological polar surface area (TPSA) is 64.0 Å². The zero-order valence-electron chi connectivity index (χ0n) is 14.5. The van der Waals surface area contributed by atoms with E-state index in [0.29, 0.717) is 17.1 Å². The van der Waals surface area contributed by atoms with Gasteiger partial charge in [-0.25, -0.2) is 4.98 Å². The highest BCUT2D eigenvalue weighted by Crippen LogP contribution is 2.16. The molecule has 1 amide bonds. The summed E-state index contributed by atoms with van der Waals surface area (Å²) in [6.07, 6.45) is 0.311. The van der Waals surface area contributed by atoms with E-state index in [1.54, 1.807) is 24.3 Å². The monoisotopic (exact) mass is 369 g/mol. The van der Waals surface area contributed by atoms with Gasteiger partial charge in [0.1, 0.15) is 5.82 Å². The lowest BCUT2D eigenvalue weighted by Gasteiger charge is -2.08. The maximum atomic E-state index is 12.1. The number of aryl methyl sites for hydroxylation is 1. The van der Waals surface area contributed by atoms with Crippen molar-refractivity contribution in [2.24, 2.45) is 0 Å². The number of imidazole rings is 1. The van der Waals surface area contributed by atoms with Crippen molar-refractivity contribution in [3.63, 3.8) is 0 Å². The third kappa shape index (κ3) is 4.11. The van der Waals surface area contributed by atoms with Gasteiger partial charge in [0.15, 0.2) is 5.78 Å². The number of Topliss-reactive ketones (excluding diaryl/α,β-unsaturated/α-hetero) is 1. The first-order valence-electron chi connectivity index (χ1n) is 8.58. The molecule has 0 radical (unpaired) electrons. The molecule has 0 fully saturated rings. The molecule has 3 rings (SSSR count). The molecule has 6 heteroatoms. The molecule has 0 aliphatic heterocycles. The summed E-state index contributed by atoms with van der Waals surface area (Å²) < 4.78 is 2.08. The van der Waals surface area contributed by atoms with Crippen molar-refractivity contribution < 1.29 is 9.59 Å². The van der Waals surface area contributed by atoms with Gasteiger partial charge in [0.2, 0.25) is 5.91 Å². The number of rotatable bonds is 7. The van der Waals surface area contributed by atoms with Crippen LogP contribution in [0.5, 0.6) is 0 Å². The van der Waals surface area contributed by atoms with Crippen LogP contribution >= 0.6 is 11.6 Å². The van der Waals surface area contributed by atoms with Crippen molar-refractivity contribution >= 4 is 34.3 Å². The fraction of sp³-hybridized carbons (Fsp3) is 0.250. The van der Waals surface area contributed by atoms with Crippen molar-refractivity contribution in [2.75, 3.05) is 0 Å². The van der Waals surface area contributed by atoms with Gasteiger partial charge in [-0.05, 0) is 43.3 Å². The molecular formula is C20H20ClN3O2. The Morgan fingerprint density at radius 2 is 1.81 bits per heavy atom. The number of carbonyl (C=O) groups excluding carboxylic acids is 2. The Balaban J connectivity index is 1.56. The van der Waals surface area contributed by atoms with E-state index in [0.717, 1.165) is 23.4 Å².